The number of hydrogen-bond acceptors (Lipinski definition) is 4. The number of amides is 1. The van der Waals surface area contributed by atoms with E-state index in [9.17, 15) is 4.79 Å². The number of carbonyl (C=O) groups is 1. The third-order valence-electron chi connectivity index (χ3n) is 4.27. The van der Waals surface area contributed by atoms with Crippen LogP contribution in [0.4, 0.5) is 0 Å². The number of fused-ring (bicyclic) bond motifs is 4. The van der Waals surface area contributed by atoms with Crippen molar-refractivity contribution >= 4 is 5.91 Å². The minimum atomic E-state index is -0.613. The molecule has 0 saturated carbocycles. The number of rotatable bonds is 2. The predicted molar refractivity (Wildman–Crippen MR) is 76.4 cm³/mol. The maximum Gasteiger partial charge on any atom is 0.232 e. The summed E-state index contributed by atoms with van der Waals surface area (Å²) in [4.78, 5) is 18.7. The van der Waals surface area contributed by atoms with E-state index < -0.39 is 5.41 Å². The number of carbonyl (C=O) groups excluding carboxylic acids is 1. The lowest BCUT2D eigenvalue weighted by molar-refractivity contribution is -0.139. The molecule has 1 aromatic rings. The van der Waals surface area contributed by atoms with E-state index >= 15 is 0 Å². The van der Waals surface area contributed by atoms with Crippen molar-refractivity contribution in [2.75, 3.05) is 6.54 Å². The van der Waals surface area contributed by atoms with Gasteiger partial charge in [0.25, 0.3) is 0 Å². The smallest absolute Gasteiger partial charge is 0.232 e. The molecule has 1 saturated heterocycles. The lowest BCUT2D eigenvalue weighted by Gasteiger charge is -2.31. The molecule has 1 fully saturated rings. The topological polar surface area (TPSA) is 66.2 Å². The molecule has 1 amide bonds. The van der Waals surface area contributed by atoms with Crippen molar-refractivity contribution in [1.82, 2.24) is 9.88 Å². The maximum atomic E-state index is 12.7. The third-order valence-corrected chi connectivity index (χ3v) is 4.27. The second-order valence-corrected chi connectivity index (χ2v) is 6.09. The largest absolute Gasteiger partial charge is 0.487 e. The maximum absolute atomic E-state index is 12.7. The van der Waals surface area contributed by atoms with Crippen molar-refractivity contribution in [3.05, 3.63) is 36.2 Å². The van der Waals surface area contributed by atoms with Crippen molar-refractivity contribution in [2.45, 2.75) is 32.4 Å². The van der Waals surface area contributed by atoms with Crippen molar-refractivity contribution in [3.63, 3.8) is 0 Å². The van der Waals surface area contributed by atoms with E-state index in [0.29, 0.717) is 17.9 Å². The van der Waals surface area contributed by atoms with E-state index in [1.165, 1.54) is 6.20 Å². The Kier molecular flexibility index (Phi) is 2.98. The minimum Gasteiger partial charge on any atom is -0.487 e. The van der Waals surface area contributed by atoms with Crippen LogP contribution in [0.15, 0.2) is 25.0 Å². The number of hydrogen-bond donors (Lipinski definition) is 0. The highest BCUT2D eigenvalue weighted by Crippen LogP contribution is 2.45. The van der Waals surface area contributed by atoms with Gasteiger partial charge < -0.3 is 9.64 Å². The van der Waals surface area contributed by atoms with Crippen LogP contribution in [0.1, 0.15) is 37.4 Å². The van der Waals surface area contributed by atoms with E-state index in [1.54, 1.807) is 12.3 Å². The molecule has 108 valence electrons. The number of nitrogens with zero attached hydrogens (tertiary/aromatic N) is 3. The van der Waals surface area contributed by atoms with Gasteiger partial charge in [0.2, 0.25) is 5.91 Å². The summed E-state index contributed by atoms with van der Waals surface area (Å²) in [5, 5.41) is 9.17. The van der Waals surface area contributed by atoms with Crippen LogP contribution in [0, 0.1) is 16.7 Å². The molecular formula is C16H17N3O2. The normalized spacial score (nSPS) is 23.0. The van der Waals surface area contributed by atoms with Crippen molar-refractivity contribution in [2.24, 2.45) is 5.41 Å². The second-order valence-electron chi connectivity index (χ2n) is 6.09. The van der Waals surface area contributed by atoms with Gasteiger partial charge in [-0.2, -0.15) is 5.26 Å². The van der Waals surface area contributed by atoms with Gasteiger partial charge in [0.15, 0.2) is 0 Å². The van der Waals surface area contributed by atoms with Crippen LogP contribution >= 0.6 is 0 Å². The van der Waals surface area contributed by atoms with Gasteiger partial charge in [-0.3, -0.25) is 9.78 Å². The summed E-state index contributed by atoms with van der Waals surface area (Å²) in [5.74, 6) is 0.615. The van der Waals surface area contributed by atoms with E-state index in [0.717, 1.165) is 12.0 Å². The summed E-state index contributed by atoms with van der Waals surface area (Å²) in [6.07, 6.45) is 5.57. The molecule has 0 spiro atoms. The van der Waals surface area contributed by atoms with Crippen LogP contribution in [-0.4, -0.2) is 28.4 Å². The quantitative estimate of drug-likeness (QED) is 0.780. The van der Waals surface area contributed by atoms with Gasteiger partial charge >= 0.3 is 0 Å². The first-order valence-electron chi connectivity index (χ1n) is 6.97. The molecule has 3 heterocycles. The van der Waals surface area contributed by atoms with Gasteiger partial charge in [-0.1, -0.05) is 6.08 Å². The zero-order chi connectivity index (χ0) is 15.2. The minimum absolute atomic E-state index is 0.0313. The van der Waals surface area contributed by atoms with Crippen LogP contribution in [-0.2, 0) is 4.79 Å². The zero-order valence-electron chi connectivity index (χ0n) is 12.2. The molecule has 0 aromatic carbocycles. The molecule has 0 N–H and O–H groups in total. The highest BCUT2D eigenvalue weighted by molar-refractivity contribution is 5.84. The van der Waals surface area contributed by atoms with Crippen molar-refractivity contribution in [1.29, 1.82) is 5.26 Å². The standard InChI is InChI=1S/C16H17N3O2/c1-4-16(2,3)15(20)19-9-11-5-13(19)12-8-18-7-10(6-17)14(12)21-11/h4,7-8,11,13H,1,5,9H2,2-3H3/t11-,13-/m0/s1. The average Bonchev–Trinajstić information content (AvgIpc) is 2.84. The Bertz CT molecular complexity index is 660. The molecule has 0 radical (unpaired) electrons. The number of aromatic nitrogens is 1. The first kappa shape index (κ1) is 13.6. The number of nitriles is 1. The molecule has 2 aliphatic heterocycles. The molecule has 0 unspecified atom stereocenters. The van der Waals surface area contributed by atoms with Crippen LogP contribution in [0.5, 0.6) is 5.75 Å². The summed E-state index contributed by atoms with van der Waals surface area (Å²) in [5.41, 5.74) is 0.647. The molecule has 21 heavy (non-hydrogen) atoms. The molecule has 3 rings (SSSR count). The van der Waals surface area contributed by atoms with E-state index in [-0.39, 0.29) is 18.1 Å². The molecule has 2 aliphatic rings. The lowest BCUT2D eigenvalue weighted by atomic mass is 9.91. The van der Waals surface area contributed by atoms with Gasteiger partial charge in [0.1, 0.15) is 23.5 Å². The summed E-state index contributed by atoms with van der Waals surface area (Å²) >= 11 is 0. The number of ether oxygens (including phenoxy) is 1. The highest BCUT2D eigenvalue weighted by Gasteiger charge is 2.46. The highest BCUT2D eigenvalue weighted by atomic mass is 16.5. The molecule has 5 nitrogen and oxygen atoms in total. The molecule has 5 heteroatoms. The summed E-state index contributed by atoms with van der Waals surface area (Å²) in [6, 6.07) is 2.04. The fraction of sp³-hybridized carbons (Fsp3) is 0.438. The Morgan fingerprint density at radius 2 is 2.38 bits per heavy atom. The lowest BCUT2D eigenvalue weighted by Crippen LogP contribution is -2.39. The zero-order valence-corrected chi connectivity index (χ0v) is 12.2. The first-order valence-corrected chi connectivity index (χ1v) is 6.97. The third kappa shape index (κ3) is 1.99. The van der Waals surface area contributed by atoms with E-state index in [2.05, 4.69) is 17.6 Å². The Morgan fingerprint density at radius 3 is 3.05 bits per heavy atom. The van der Waals surface area contributed by atoms with E-state index in [1.807, 2.05) is 18.7 Å². The predicted octanol–water partition coefficient (Wildman–Crippen LogP) is 2.20. The average molecular weight is 283 g/mol. The summed E-state index contributed by atoms with van der Waals surface area (Å²) in [6.45, 7) is 8.00. The first-order chi connectivity index (χ1) is 9.97. The van der Waals surface area contributed by atoms with Gasteiger partial charge in [-0.15, -0.1) is 6.58 Å². The fourth-order valence-electron chi connectivity index (χ4n) is 2.94. The van der Waals surface area contributed by atoms with Crippen LogP contribution in [0.3, 0.4) is 0 Å². The fourth-order valence-corrected chi connectivity index (χ4v) is 2.94. The van der Waals surface area contributed by atoms with Gasteiger partial charge in [0, 0.05) is 24.4 Å². The monoisotopic (exact) mass is 283 g/mol. The van der Waals surface area contributed by atoms with Gasteiger partial charge in [-0.25, -0.2) is 0 Å². The van der Waals surface area contributed by atoms with Gasteiger partial charge in [0.05, 0.1) is 18.0 Å². The summed E-state index contributed by atoms with van der Waals surface area (Å²) in [7, 11) is 0. The van der Waals surface area contributed by atoms with Gasteiger partial charge in [-0.05, 0) is 13.8 Å². The number of pyridine rings is 1. The molecule has 0 aliphatic carbocycles. The Labute approximate surface area is 123 Å². The van der Waals surface area contributed by atoms with Crippen molar-refractivity contribution < 1.29 is 9.53 Å². The molecule has 1 aromatic heterocycles. The second kappa shape index (κ2) is 4.59. The molecule has 2 atom stereocenters. The van der Waals surface area contributed by atoms with Crippen LogP contribution < -0.4 is 4.74 Å². The summed E-state index contributed by atoms with van der Waals surface area (Å²) < 4.78 is 5.89. The number of likely N-dealkylation sites (tertiary alicyclic amines) is 1. The van der Waals surface area contributed by atoms with Crippen molar-refractivity contribution in [3.8, 4) is 11.8 Å². The molecule has 2 bridgehead atoms. The Balaban J connectivity index is 2.02. The van der Waals surface area contributed by atoms with E-state index in [4.69, 9.17) is 10.00 Å². The van der Waals surface area contributed by atoms with Crippen LogP contribution in [0.25, 0.3) is 0 Å². The Hall–Kier alpha value is -2.35. The molecular weight excluding hydrogens is 266 g/mol. The Morgan fingerprint density at radius 1 is 1.62 bits per heavy atom. The SMILES string of the molecule is C=CC(C)(C)C(=O)N1C[C@@H]2C[C@H]1c1cncc(C#N)c1O2. The van der Waals surface area contributed by atoms with Crippen LogP contribution in [0.2, 0.25) is 0 Å².